The van der Waals surface area contributed by atoms with Crippen LogP contribution in [0.25, 0.3) is 5.69 Å². The Morgan fingerprint density at radius 1 is 1.18 bits per heavy atom. The lowest BCUT2D eigenvalue weighted by Crippen LogP contribution is -2.30. The molecule has 3 heterocycles. The third kappa shape index (κ3) is 2.36. The molecule has 2 aromatic heterocycles. The molecule has 0 atom stereocenters. The molecule has 2 amide bonds. The van der Waals surface area contributed by atoms with Crippen molar-refractivity contribution in [3.8, 4) is 5.69 Å². The van der Waals surface area contributed by atoms with Crippen LogP contribution in [-0.4, -0.2) is 50.8 Å². The number of aromatic nitrogens is 4. The van der Waals surface area contributed by atoms with Gasteiger partial charge in [-0.3, -0.25) is 4.90 Å². The van der Waals surface area contributed by atoms with Gasteiger partial charge in [0.15, 0.2) is 5.69 Å². The van der Waals surface area contributed by atoms with Crippen molar-refractivity contribution in [2.75, 3.05) is 25.0 Å². The molecule has 7 nitrogen and oxygen atoms in total. The number of anilines is 1. The van der Waals surface area contributed by atoms with Crippen molar-refractivity contribution in [2.45, 2.75) is 6.18 Å². The van der Waals surface area contributed by atoms with Crippen molar-refractivity contribution in [3.63, 3.8) is 0 Å². The largest absolute Gasteiger partial charge is 0.437 e. The first-order valence-electron chi connectivity index (χ1n) is 6.33. The van der Waals surface area contributed by atoms with Gasteiger partial charge in [-0.25, -0.2) is 19.4 Å². The van der Waals surface area contributed by atoms with E-state index in [1.165, 1.54) is 36.9 Å². The molecule has 1 saturated heterocycles. The summed E-state index contributed by atoms with van der Waals surface area (Å²) in [6.45, 7) is 0.533. The smallest absolute Gasteiger partial charge is 0.326 e. The molecule has 0 N–H and O–H groups in total. The molecule has 1 fully saturated rings. The molecular weight excluding hydrogens is 301 g/mol. The van der Waals surface area contributed by atoms with E-state index >= 15 is 0 Å². The molecule has 116 valence electrons. The average molecular weight is 312 g/mol. The number of likely N-dealkylation sites (N-methyl/N-ethyl adjacent to an activating group) is 1. The zero-order valence-electron chi connectivity index (χ0n) is 11.4. The molecule has 3 rings (SSSR count). The second kappa shape index (κ2) is 4.97. The Labute approximate surface area is 123 Å². The summed E-state index contributed by atoms with van der Waals surface area (Å²) in [6, 6.07) is -0.491. The molecule has 0 aromatic carbocycles. The molecule has 1 aliphatic rings. The highest BCUT2D eigenvalue weighted by Crippen LogP contribution is 2.37. The van der Waals surface area contributed by atoms with Gasteiger partial charge >= 0.3 is 12.2 Å². The summed E-state index contributed by atoms with van der Waals surface area (Å²) in [4.78, 5) is 21.9. The molecule has 10 heteroatoms. The van der Waals surface area contributed by atoms with Crippen LogP contribution in [0.2, 0.25) is 0 Å². The standard InChI is InChI=1S/C12H11F3N6O/c1-19-2-3-20(11(19)22)9-6-21(8-4-16-7-17-5-8)18-10(9)12(13,14)15/h4-7H,2-3H2,1H3. The van der Waals surface area contributed by atoms with E-state index in [0.717, 1.165) is 9.58 Å². The highest BCUT2D eigenvalue weighted by atomic mass is 19.4. The Balaban J connectivity index is 2.09. The quantitative estimate of drug-likeness (QED) is 0.844. The van der Waals surface area contributed by atoms with Crippen molar-refractivity contribution < 1.29 is 18.0 Å². The van der Waals surface area contributed by atoms with Gasteiger partial charge in [0.05, 0.1) is 24.3 Å². The van der Waals surface area contributed by atoms with Crippen LogP contribution in [-0.2, 0) is 6.18 Å². The minimum Gasteiger partial charge on any atom is -0.326 e. The van der Waals surface area contributed by atoms with Gasteiger partial charge in [-0.15, -0.1) is 0 Å². The first kappa shape index (κ1) is 14.3. The third-order valence-electron chi connectivity index (χ3n) is 3.28. The number of halogens is 3. The number of urea groups is 1. The number of rotatable bonds is 2. The summed E-state index contributed by atoms with van der Waals surface area (Å²) < 4.78 is 40.6. The fourth-order valence-electron chi connectivity index (χ4n) is 2.18. The number of amides is 2. The predicted octanol–water partition coefficient (Wildman–Crippen LogP) is 1.55. The van der Waals surface area contributed by atoms with Crippen LogP contribution in [0.5, 0.6) is 0 Å². The fourth-order valence-corrected chi connectivity index (χ4v) is 2.18. The van der Waals surface area contributed by atoms with Crippen molar-refractivity contribution in [1.82, 2.24) is 24.6 Å². The van der Waals surface area contributed by atoms with Crippen molar-refractivity contribution >= 4 is 11.7 Å². The number of carbonyl (C=O) groups is 1. The van der Waals surface area contributed by atoms with E-state index in [9.17, 15) is 18.0 Å². The summed E-state index contributed by atoms with van der Waals surface area (Å²) in [6.07, 6.45) is 0.428. The highest BCUT2D eigenvalue weighted by molar-refractivity contribution is 5.94. The number of alkyl halides is 3. The normalized spacial score (nSPS) is 15.7. The van der Waals surface area contributed by atoms with Crippen LogP contribution < -0.4 is 4.90 Å². The molecule has 1 aliphatic heterocycles. The number of carbonyl (C=O) groups excluding carboxylic acids is 1. The van der Waals surface area contributed by atoms with Crippen LogP contribution in [0, 0.1) is 0 Å². The summed E-state index contributed by atoms with van der Waals surface area (Å²) >= 11 is 0. The summed E-state index contributed by atoms with van der Waals surface area (Å²) in [5, 5.41) is 3.56. The zero-order chi connectivity index (χ0) is 15.9. The zero-order valence-corrected chi connectivity index (χ0v) is 11.4. The lowest BCUT2D eigenvalue weighted by atomic mass is 10.3. The maximum Gasteiger partial charge on any atom is 0.437 e. The molecular formula is C12H11F3N6O. The molecule has 0 aliphatic carbocycles. The highest BCUT2D eigenvalue weighted by Gasteiger charge is 2.41. The average Bonchev–Trinajstić information content (AvgIpc) is 3.05. The molecule has 2 aromatic rings. The van der Waals surface area contributed by atoms with Gasteiger partial charge in [0.25, 0.3) is 0 Å². The predicted molar refractivity (Wildman–Crippen MR) is 69.5 cm³/mol. The Morgan fingerprint density at radius 2 is 1.86 bits per heavy atom. The van der Waals surface area contributed by atoms with E-state index in [4.69, 9.17) is 0 Å². The van der Waals surface area contributed by atoms with Gasteiger partial charge in [-0.05, 0) is 0 Å². The van der Waals surface area contributed by atoms with Crippen molar-refractivity contribution in [2.24, 2.45) is 0 Å². The topological polar surface area (TPSA) is 67.2 Å². The lowest BCUT2D eigenvalue weighted by molar-refractivity contribution is -0.140. The van der Waals surface area contributed by atoms with Gasteiger partial charge in [0, 0.05) is 20.1 Å². The van der Waals surface area contributed by atoms with Crippen LogP contribution in [0.3, 0.4) is 0 Å². The molecule has 0 radical (unpaired) electrons. The minimum atomic E-state index is -4.67. The Kier molecular flexibility index (Phi) is 3.23. The van der Waals surface area contributed by atoms with Gasteiger partial charge < -0.3 is 4.90 Å². The summed E-state index contributed by atoms with van der Waals surface area (Å²) in [5.74, 6) is 0. The van der Waals surface area contributed by atoms with Crippen LogP contribution in [0.4, 0.5) is 23.7 Å². The summed E-state index contributed by atoms with van der Waals surface area (Å²) in [5.41, 5.74) is -1.11. The van der Waals surface area contributed by atoms with Gasteiger partial charge in [-0.2, -0.15) is 18.3 Å². The van der Waals surface area contributed by atoms with Gasteiger partial charge in [0.1, 0.15) is 12.0 Å². The number of hydrogen-bond donors (Lipinski definition) is 0. The SMILES string of the molecule is CN1CCN(c2cn(-c3cncnc3)nc2C(F)(F)F)C1=O. The lowest BCUT2D eigenvalue weighted by Gasteiger charge is -2.16. The number of nitrogens with zero attached hydrogens (tertiary/aromatic N) is 6. The van der Waals surface area contributed by atoms with Gasteiger partial charge in [-0.1, -0.05) is 0 Å². The molecule has 0 unspecified atom stereocenters. The van der Waals surface area contributed by atoms with E-state index < -0.39 is 17.9 Å². The molecule has 0 bridgehead atoms. The fraction of sp³-hybridized carbons (Fsp3) is 0.333. The van der Waals surface area contributed by atoms with E-state index in [-0.39, 0.29) is 17.9 Å². The second-order valence-corrected chi connectivity index (χ2v) is 4.76. The van der Waals surface area contributed by atoms with Crippen molar-refractivity contribution in [1.29, 1.82) is 0 Å². The van der Waals surface area contributed by atoms with Crippen LogP contribution >= 0.6 is 0 Å². The van der Waals surface area contributed by atoms with E-state index in [0.29, 0.717) is 6.54 Å². The summed E-state index contributed by atoms with van der Waals surface area (Å²) in [7, 11) is 1.53. The Morgan fingerprint density at radius 3 is 2.41 bits per heavy atom. The van der Waals surface area contributed by atoms with E-state index in [1.54, 1.807) is 0 Å². The maximum absolute atomic E-state index is 13.2. The Bertz CT molecular complexity index is 699. The Hall–Kier alpha value is -2.65. The molecule has 0 saturated carbocycles. The number of hydrogen-bond acceptors (Lipinski definition) is 4. The van der Waals surface area contributed by atoms with Gasteiger partial charge in [0.2, 0.25) is 0 Å². The first-order valence-corrected chi connectivity index (χ1v) is 6.33. The molecule has 0 spiro atoms. The third-order valence-corrected chi connectivity index (χ3v) is 3.28. The van der Waals surface area contributed by atoms with E-state index in [1.807, 2.05) is 0 Å². The van der Waals surface area contributed by atoms with Crippen LogP contribution in [0.15, 0.2) is 24.9 Å². The van der Waals surface area contributed by atoms with E-state index in [2.05, 4.69) is 15.1 Å². The van der Waals surface area contributed by atoms with Crippen LogP contribution in [0.1, 0.15) is 5.69 Å². The maximum atomic E-state index is 13.2. The van der Waals surface area contributed by atoms with Crippen molar-refractivity contribution in [3.05, 3.63) is 30.6 Å². The second-order valence-electron chi connectivity index (χ2n) is 4.76. The molecule has 22 heavy (non-hydrogen) atoms. The minimum absolute atomic E-state index is 0.176. The monoisotopic (exact) mass is 312 g/mol. The first-order chi connectivity index (χ1) is 10.4.